The molecule has 1 heterocycles. The van der Waals surface area contributed by atoms with Gasteiger partial charge in [-0.15, -0.1) is 0 Å². The van der Waals surface area contributed by atoms with Crippen LogP contribution in [0.3, 0.4) is 0 Å². The topological polar surface area (TPSA) is 57.8 Å². The molecule has 0 radical (unpaired) electrons. The van der Waals surface area contributed by atoms with Gasteiger partial charge in [-0.3, -0.25) is 4.79 Å². The number of nitrogens with zero attached hydrogens (tertiary/aromatic N) is 1. The minimum Gasteiger partial charge on any atom is -0.352 e. The van der Waals surface area contributed by atoms with Crippen molar-refractivity contribution in [2.45, 2.75) is 6.42 Å². The quantitative estimate of drug-likeness (QED) is 0.906. The highest BCUT2D eigenvalue weighted by atomic mass is 79.9. The fourth-order valence-corrected chi connectivity index (χ4v) is 2.09. The summed E-state index contributed by atoms with van der Waals surface area (Å²) in [6, 6.07) is 5.11. The van der Waals surface area contributed by atoms with Gasteiger partial charge in [0.25, 0.3) is 5.91 Å². The average Bonchev–Trinajstić information content (AvgIpc) is 2.85. The number of rotatable bonds is 4. The number of hydrogen-bond acceptors (Lipinski definition) is 2. The number of imidazole rings is 1. The molecule has 0 spiro atoms. The Hall–Kier alpha value is -1.33. The number of H-pyrrole nitrogens is 1. The van der Waals surface area contributed by atoms with E-state index < -0.39 is 0 Å². The van der Waals surface area contributed by atoms with Crippen molar-refractivity contribution in [3.63, 3.8) is 0 Å². The van der Waals surface area contributed by atoms with Crippen molar-refractivity contribution in [3.05, 3.63) is 51.5 Å². The molecule has 6 heteroatoms. The highest BCUT2D eigenvalue weighted by molar-refractivity contribution is 9.10. The second-order valence-corrected chi connectivity index (χ2v) is 4.96. The zero-order valence-corrected chi connectivity index (χ0v) is 11.8. The molecule has 0 bridgehead atoms. The fraction of sp³-hybridized carbons (Fsp3) is 0.167. The van der Waals surface area contributed by atoms with Crippen molar-refractivity contribution < 1.29 is 4.79 Å². The third-order valence-electron chi connectivity index (χ3n) is 2.38. The first-order valence-corrected chi connectivity index (χ1v) is 6.55. The summed E-state index contributed by atoms with van der Waals surface area (Å²) in [5.74, 6) is 0.691. The van der Waals surface area contributed by atoms with Crippen molar-refractivity contribution in [2.24, 2.45) is 0 Å². The van der Waals surface area contributed by atoms with Crippen LogP contribution in [-0.2, 0) is 6.42 Å². The maximum absolute atomic E-state index is 11.9. The first kappa shape index (κ1) is 13.1. The van der Waals surface area contributed by atoms with Gasteiger partial charge < -0.3 is 10.3 Å². The number of halogens is 2. The number of nitrogens with one attached hydrogen (secondary N) is 2. The summed E-state index contributed by atoms with van der Waals surface area (Å²) in [4.78, 5) is 19.0. The normalized spacial score (nSPS) is 10.3. The van der Waals surface area contributed by atoms with Crippen molar-refractivity contribution in [1.29, 1.82) is 0 Å². The molecular formula is C12H11BrClN3O. The number of hydrogen-bond donors (Lipinski definition) is 2. The molecule has 0 aliphatic carbocycles. The van der Waals surface area contributed by atoms with Crippen LogP contribution in [0.4, 0.5) is 0 Å². The van der Waals surface area contributed by atoms with Crippen molar-refractivity contribution in [2.75, 3.05) is 6.54 Å². The van der Waals surface area contributed by atoms with Crippen molar-refractivity contribution in [3.8, 4) is 0 Å². The van der Waals surface area contributed by atoms with Gasteiger partial charge in [0.2, 0.25) is 0 Å². The Morgan fingerprint density at radius 3 is 3.06 bits per heavy atom. The molecular weight excluding hydrogens is 318 g/mol. The fourth-order valence-electron chi connectivity index (χ4n) is 1.50. The van der Waals surface area contributed by atoms with E-state index in [1.54, 1.807) is 30.6 Å². The second-order valence-electron chi connectivity index (χ2n) is 3.67. The lowest BCUT2D eigenvalue weighted by molar-refractivity contribution is 0.0953. The van der Waals surface area contributed by atoms with Crippen molar-refractivity contribution in [1.82, 2.24) is 15.3 Å². The molecule has 2 rings (SSSR count). The lowest BCUT2D eigenvalue weighted by Gasteiger charge is -2.06. The van der Waals surface area contributed by atoms with Crippen LogP contribution in [0.1, 0.15) is 16.2 Å². The molecule has 1 amide bonds. The van der Waals surface area contributed by atoms with Gasteiger partial charge in [-0.25, -0.2) is 4.98 Å². The number of benzene rings is 1. The highest BCUT2D eigenvalue weighted by Crippen LogP contribution is 2.20. The SMILES string of the molecule is O=C(NCCc1ncc[nH]1)c1cc(Cl)ccc1Br. The van der Waals surface area contributed by atoms with Crippen LogP contribution in [0.15, 0.2) is 35.1 Å². The lowest BCUT2D eigenvalue weighted by atomic mass is 10.2. The maximum atomic E-state index is 11.9. The standard InChI is InChI=1S/C12H11BrClN3O/c13-10-2-1-8(14)7-9(10)12(18)17-4-3-11-15-5-6-16-11/h1-2,5-7H,3-4H2,(H,15,16)(H,17,18). The summed E-state index contributed by atoms with van der Waals surface area (Å²) in [6.07, 6.45) is 4.10. The monoisotopic (exact) mass is 327 g/mol. The van der Waals surface area contributed by atoms with Gasteiger partial charge in [0, 0.05) is 34.9 Å². The van der Waals surface area contributed by atoms with E-state index >= 15 is 0 Å². The van der Waals surface area contributed by atoms with E-state index in [9.17, 15) is 4.79 Å². The van der Waals surface area contributed by atoms with Gasteiger partial charge in [-0.2, -0.15) is 0 Å². The van der Waals surface area contributed by atoms with Crippen LogP contribution in [-0.4, -0.2) is 22.4 Å². The maximum Gasteiger partial charge on any atom is 0.252 e. The summed E-state index contributed by atoms with van der Waals surface area (Å²) in [6.45, 7) is 0.519. The minimum atomic E-state index is -0.157. The summed E-state index contributed by atoms with van der Waals surface area (Å²) >= 11 is 9.18. The first-order chi connectivity index (χ1) is 8.66. The highest BCUT2D eigenvalue weighted by Gasteiger charge is 2.10. The third kappa shape index (κ3) is 3.34. The molecule has 2 N–H and O–H groups in total. The zero-order valence-electron chi connectivity index (χ0n) is 9.41. The van der Waals surface area contributed by atoms with Crippen LogP contribution < -0.4 is 5.32 Å². The molecule has 1 aromatic carbocycles. The number of amides is 1. The summed E-state index contributed by atoms with van der Waals surface area (Å²) in [5, 5.41) is 3.35. The number of aromatic nitrogens is 2. The summed E-state index contributed by atoms with van der Waals surface area (Å²) < 4.78 is 0.724. The number of carbonyl (C=O) groups excluding carboxylic acids is 1. The van der Waals surface area contributed by atoms with E-state index in [1.165, 1.54) is 0 Å². The molecule has 18 heavy (non-hydrogen) atoms. The van der Waals surface area contributed by atoms with E-state index in [-0.39, 0.29) is 5.91 Å². The van der Waals surface area contributed by atoms with E-state index in [0.29, 0.717) is 23.6 Å². The van der Waals surface area contributed by atoms with E-state index in [0.717, 1.165) is 10.3 Å². The smallest absolute Gasteiger partial charge is 0.252 e. The molecule has 0 aliphatic rings. The molecule has 2 aromatic rings. The van der Waals surface area contributed by atoms with Crippen LogP contribution in [0.5, 0.6) is 0 Å². The molecule has 0 aliphatic heterocycles. The van der Waals surface area contributed by atoms with Gasteiger partial charge >= 0.3 is 0 Å². The Kier molecular flexibility index (Phi) is 4.38. The lowest BCUT2D eigenvalue weighted by Crippen LogP contribution is -2.26. The number of carbonyl (C=O) groups is 1. The predicted octanol–water partition coefficient (Wildman–Crippen LogP) is 2.80. The molecule has 0 fully saturated rings. The van der Waals surface area contributed by atoms with Crippen LogP contribution in [0.2, 0.25) is 5.02 Å². The molecule has 4 nitrogen and oxygen atoms in total. The molecule has 0 unspecified atom stereocenters. The molecule has 1 aromatic heterocycles. The Bertz CT molecular complexity index is 542. The van der Waals surface area contributed by atoms with Gasteiger partial charge in [-0.05, 0) is 34.1 Å². The van der Waals surface area contributed by atoms with E-state index in [1.807, 2.05) is 0 Å². The Morgan fingerprint density at radius 1 is 1.50 bits per heavy atom. The average molecular weight is 329 g/mol. The van der Waals surface area contributed by atoms with E-state index in [2.05, 4.69) is 31.2 Å². The third-order valence-corrected chi connectivity index (χ3v) is 3.30. The van der Waals surface area contributed by atoms with Gasteiger partial charge in [-0.1, -0.05) is 11.6 Å². The molecule has 0 saturated heterocycles. The summed E-state index contributed by atoms with van der Waals surface area (Å²) in [5.41, 5.74) is 0.530. The Balaban J connectivity index is 1.93. The molecule has 94 valence electrons. The van der Waals surface area contributed by atoms with Gasteiger partial charge in [0.05, 0.1) is 5.56 Å². The van der Waals surface area contributed by atoms with Gasteiger partial charge in [0.15, 0.2) is 0 Å². The Labute approximate surface area is 118 Å². The minimum absolute atomic E-state index is 0.157. The second kappa shape index (κ2) is 6.02. The van der Waals surface area contributed by atoms with Crippen LogP contribution in [0, 0.1) is 0 Å². The largest absolute Gasteiger partial charge is 0.352 e. The molecule has 0 saturated carbocycles. The van der Waals surface area contributed by atoms with E-state index in [4.69, 9.17) is 11.6 Å². The van der Waals surface area contributed by atoms with Crippen molar-refractivity contribution >= 4 is 33.4 Å². The van der Waals surface area contributed by atoms with Crippen LogP contribution in [0.25, 0.3) is 0 Å². The summed E-state index contributed by atoms with van der Waals surface area (Å²) in [7, 11) is 0. The van der Waals surface area contributed by atoms with Crippen LogP contribution >= 0.6 is 27.5 Å². The predicted molar refractivity (Wildman–Crippen MR) is 73.8 cm³/mol. The zero-order chi connectivity index (χ0) is 13.0. The van der Waals surface area contributed by atoms with Gasteiger partial charge in [0.1, 0.15) is 5.82 Å². The Morgan fingerprint density at radius 2 is 2.33 bits per heavy atom. The molecule has 0 atom stereocenters. The number of aromatic amines is 1. The first-order valence-electron chi connectivity index (χ1n) is 5.38.